The van der Waals surface area contributed by atoms with Crippen LogP contribution in [-0.4, -0.2) is 52.7 Å². The van der Waals surface area contributed by atoms with Crippen LogP contribution in [-0.2, 0) is 9.53 Å². The first kappa shape index (κ1) is 16.4. The number of morpholine rings is 1. The molecule has 1 saturated heterocycles. The van der Waals surface area contributed by atoms with Crippen LogP contribution in [0.15, 0.2) is 12.1 Å². The van der Waals surface area contributed by atoms with Gasteiger partial charge in [0.2, 0.25) is 0 Å². The number of carbonyl (C=O) groups is 2. The summed E-state index contributed by atoms with van der Waals surface area (Å²) >= 11 is 8.58. The molecule has 0 bridgehead atoms. The molecule has 1 amide bonds. The number of thiophene rings is 1. The number of hydrogen-bond acceptors (Lipinski definition) is 6. The largest absolute Gasteiger partial charge is 0.480 e. The number of thiazole rings is 1. The van der Waals surface area contributed by atoms with Gasteiger partial charge in [0.1, 0.15) is 9.88 Å². The second kappa shape index (κ2) is 6.56. The van der Waals surface area contributed by atoms with E-state index < -0.39 is 12.0 Å². The summed E-state index contributed by atoms with van der Waals surface area (Å²) in [5.74, 6) is -1.38. The van der Waals surface area contributed by atoms with Gasteiger partial charge in [-0.05, 0) is 19.1 Å². The van der Waals surface area contributed by atoms with Gasteiger partial charge in [0, 0.05) is 6.54 Å². The summed E-state index contributed by atoms with van der Waals surface area (Å²) in [6.45, 7) is 2.35. The number of carbonyl (C=O) groups excluding carboxylic acids is 1. The number of carboxylic acid groups (broad SMARTS) is 1. The molecule has 0 unspecified atom stereocenters. The molecule has 1 aliphatic heterocycles. The van der Waals surface area contributed by atoms with Gasteiger partial charge < -0.3 is 14.7 Å². The van der Waals surface area contributed by atoms with Crippen molar-refractivity contribution in [1.82, 2.24) is 9.88 Å². The number of rotatable bonds is 3. The van der Waals surface area contributed by atoms with E-state index in [2.05, 4.69) is 4.98 Å². The van der Waals surface area contributed by atoms with Crippen molar-refractivity contribution in [3.05, 3.63) is 27.0 Å². The average Bonchev–Trinajstić information content (AvgIpc) is 3.12. The fourth-order valence-corrected chi connectivity index (χ4v) is 4.43. The predicted octanol–water partition coefficient (Wildman–Crippen LogP) is 2.76. The highest BCUT2D eigenvalue weighted by molar-refractivity contribution is 7.24. The van der Waals surface area contributed by atoms with Crippen LogP contribution in [0.5, 0.6) is 0 Å². The molecule has 9 heteroatoms. The molecule has 3 rings (SSSR count). The van der Waals surface area contributed by atoms with Gasteiger partial charge in [0.05, 0.1) is 28.1 Å². The van der Waals surface area contributed by atoms with E-state index in [1.54, 1.807) is 13.0 Å². The Morgan fingerprint density at radius 2 is 2.22 bits per heavy atom. The molecule has 0 spiro atoms. The zero-order valence-corrected chi connectivity index (χ0v) is 14.5. The van der Waals surface area contributed by atoms with E-state index in [1.807, 2.05) is 6.07 Å². The van der Waals surface area contributed by atoms with Gasteiger partial charge in [-0.3, -0.25) is 4.79 Å². The fourth-order valence-electron chi connectivity index (χ4n) is 2.31. The van der Waals surface area contributed by atoms with Gasteiger partial charge in [-0.25, -0.2) is 9.78 Å². The maximum Gasteiger partial charge on any atom is 0.328 e. The van der Waals surface area contributed by atoms with Crippen LogP contribution < -0.4 is 0 Å². The van der Waals surface area contributed by atoms with E-state index in [4.69, 9.17) is 16.3 Å². The lowest BCUT2D eigenvalue weighted by atomic mass is 10.2. The van der Waals surface area contributed by atoms with Gasteiger partial charge in [-0.2, -0.15) is 0 Å². The minimum atomic E-state index is -1.06. The Bertz CT molecular complexity index is 758. The highest BCUT2D eigenvalue weighted by Gasteiger charge is 2.34. The van der Waals surface area contributed by atoms with Crippen molar-refractivity contribution < 1.29 is 19.4 Å². The number of carboxylic acids is 1. The van der Waals surface area contributed by atoms with E-state index in [1.165, 1.54) is 27.6 Å². The molecular weight excluding hydrogens is 360 g/mol. The number of halogens is 1. The first-order valence-corrected chi connectivity index (χ1v) is 8.83. The Hall–Kier alpha value is -1.48. The van der Waals surface area contributed by atoms with Crippen LogP contribution in [0.25, 0.3) is 9.88 Å². The molecule has 2 aromatic rings. The molecule has 0 aromatic carbocycles. The topological polar surface area (TPSA) is 79.7 Å². The molecule has 1 fully saturated rings. The van der Waals surface area contributed by atoms with E-state index in [0.29, 0.717) is 26.5 Å². The molecular formula is C14H13ClN2O4S2. The summed E-state index contributed by atoms with van der Waals surface area (Å²) in [6.07, 6.45) is 0. The Balaban J connectivity index is 1.90. The molecule has 0 aliphatic carbocycles. The van der Waals surface area contributed by atoms with Crippen molar-refractivity contribution >= 4 is 46.2 Å². The molecule has 0 radical (unpaired) electrons. The van der Waals surface area contributed by atoms with Gasteiger partial charge in [0.15, 0.2) is 6.04 Å². The summed E-state index contributed by atoms with van der Waals surface area (Å²) in [4.78, 5) is 31.2. The zero-order chi connectivity index (χ0) is 16.6. The highest BCUT2D eigenvalue weighted by atomic mass is 35.5. The Morgan fingerprint density at radius 3 is 2.87 bits per heavy atom. The first-order valence-electron chi connectivity index (χ1n) is 6.82. The SMILES string of the molecule is Cc1nc(-c2ccc(Cl)s2)sc1C(=O)N1CCOC[C@@H]1C(=O)O. The van der Waals surface area contributed by atoms with Crippen LogP contribution in [0.2, 0.25) is 4.34 Å². The number of aromatic nitrogens is 1. The fraction of sp³-hybridized carbons (Fsp3) is 0.357. The Labute approximate surface area is 145 Å². The smallest absolute Gasteiger partial charge is 0.328 e. The summed E-state index contributed by atoms with van der Waals surface area (Å²) < 4.78 is 5.82. The number of amides is 1. The van der Waals surface area contributed by atoms with Crippen LogP contribution in [0.3, 0.4) is 0 Å². The molecule has 122 valence electrons. The van der Waals surface area contributed by atoms with E-state index in [9.17, 15) is 14.7 Å². The second-order valence-electron chi connectivity index (χ2n) is 4.96. The molecule has 1 aliphatic rings. The maximum absolute atomic E-state index is 12.7. The molecule has 3 heterocycles. The minimum Gasteiger partial charge on any atom is -0.480 e. The number of hydrogen-bond donors (Lipinski definition) is 1. The van der Waals surface area contributed by atoms with E-state index >= 15 is 0 Å². The lowest BCUT2D eigenvalue weighted by Gasteiger charge is -2.32. The Kier molecular flexibility index (Phi) is 4.67. The minimum absolute atomic E-state index is 0.00626. The highest BCUT2D eigenvalue weighted by Crippen LogP contribution is 2.35. The standard InChI is InChI=1S/C14H13ClN2O4S2/c1-7-11(23-12(16-7)9-2-3-10(15)22-9)13(18)17-4-5-21-6-8(17)14(19)20/h2-3,8H,4-6H2,1H3,(H,19,20)/t8-/m1/s1. The maximum atomic E-state index is 12.7. The van der Waals surface area contributed by atoms with Crippen LogP contribution >= 0.6 is 34.3 Å². The van der Waals surface area contributed by atoms with Crippen molar-refractivity contribution in [1.29, 1.82) is 0 Å². The monoisotopic (exact) mass is 372 g/mol. The number of aliphatic carboxylic acids is 1. The number of ether oxygens (including phenoxy) is 1. The second-order valence-corrected chi connectivity index (χ2v) is 7.68. The quantitative estimate of drug-likeness (QED) is 0.896. The van der Waals surface area contributed by atoms with Gasteiger partial charge >= 0.3 is 5.97 Å². The van der Waals surface area contributed by atoms with Crippen molar-refractivity contribution in [3.8, 4) is 9.88 Å². The molecule has 23 heavy (non-hydrogen) atoms. The number of aryl methyl sites for hydroxylation is 1. The summed E-state index contributed by atoms with van der Waals surface area (Å²) in [7, 11) is 0. The van der Waals surface area contributed by atoms with Crippen LogP contribution in [0.1, 0.15) is 15.4 Å². The molecule has 1 N–H and O–H groups in total. The van der Waals surface area contributed by atoms with Crippen molar-refractivity contribution in [2.75, 3.05) is 19.8 Å². The summed E-state index contributed by atoms with van der Waals surface area (Å²) in [5, 5.41) is 9.97. The number of nitrogens with zero attached hydrogens (tertiary/aromatic N) is 2. The van der Waals surface area contributed by atoms with E-state index in [0.717, 1.165) is 4.88 Å². The van der Waals surface area contributed by atoms with Gasteiger partial charge in [0.25, 0.3) is 5.91 Å². The average molecular weight is 373 g/mol. The van der Waals surface area contributed by atoms with E-state index in [-0.39, 0.29) is 19.1 Å². The van der Waals surface area contributed by atoms with Crippen molar-refractivity contribution in [3.63, 3.8) is 0 Å². The summed E-state index contributed by atoms with van der Waals surface area (Å²) in [6, 6.07) is 2.67. The summed E-state index contributed by atoms with van der Waals surface area (Å²) in [5.41, 5.74) is 0.593. The third-order valence-electron chi connectivity index (χ3n) is 3.45. The predicted molar refractivity (Wildman–Crippen MR) is 88.5 cm³/mol. The van der Waals surface area contributed by atoms with Gasteiger partial charge in [-0.1, -0.05) is 11.6 Å². The molecule has 1 atom stereocenters. The first-order chi connectivity index (χ1) is 11.0. The lowest BCUT2D eigenvalue weighted by Crippen LogP contribution is -2.52. The lowest BCUT2D eigenvalue weighted by molar-refractivity contribution is -0.147. The van der Waals surface area contributed by atoms with Crippen molar-refractivity contribution in [2.45, 2.75) is 13.0 Å². The molecule has 2 aromatic heterocycles. The Morgan fingerprint density at radius 1 is 1.43 bits per heavy atom. The third kappa shape index (κ3) is 3.25. The van der Waals surface area contributed by atoms with Crippen LogP contribution in [0, 0.1) is 6.92 Å². The third-order valence-corrected chi connectivity index (χ3v) is 6.00. The molecule has 6 nitrogen and oxygen atoms in total. The van der Waals surface area contributed by atoms with Crippen LogP contribution in [0.4, 0.5) is 0 Å². The molecule has 0 saturated carbocycles. The normalized spacial score (nSPS) is 18.2. The van der Waals surface area contributed by atoms with Gasteiger partial charge in [-0.15, -0.1) is 22.7 Å². The zero-order valence-electron chi connectivity index (χ0n) is 12.1. The van der Waals surface area contributed by atoms with Crippen molar-refractivity contribution in [2.24, 2.45) is 0 Å².